The van der Waals surface area contributed by atoms with E-state index in [-0.39, 0.29) is 11.6 Å². The van der Waals surface area contributed by atoms with Crippen LogP contribution in [0.5, 0.6) is 11.5 Å². The molecule has 4 rings (SSSR count). The van der Waals surface area contributed by atoms with Gasteiger partial charge in [0, 0.05) is 49.3 Å². The van der Waals surface area contributed by atoms with Crippen molar-refractivity contribution in [1.82, 2.24) is 19.7 Å². The van der Waals surface area contributed by atoms with Crippen molar-refractivity contribution in [2.24, 2.45) is 7.05 Å². The highest BCUT2D eigenvalue weighted by atomic mass is 16.5. The van der Waals surface area contributed by atoms with Gasteiger partial charge in [0.1, 0.15) is 17.3 Å². The van der Waals surface area contributed by atoms with Gasteiger partial charge in [-0.05, 0) is 75.6 Å². The molecular formula is C35H46N6O3. The van der Waals surface area contributed by atoms with Crippen molar-refractivity contribution in [2.45, 2.75) is 71.6 Å². The number of urea groups is 1. The summed E-state index contributed by atoms with van der Waals surface area (Å²) in [7, 11) is 1.96. The Kier molecular flexibility index (Phi) is 12.5. The lowest BCUT2D eigenvalue weighted by molar-refractivity contribution is 0.252. The number of aromatic nitrogens is 3. The Balaban J connectivity index is 1.05. The fourth-order valence-electron chi connectivity index (χ4n) is 5.27. The van der Waals surface area contributed by atoms with Crippen molar-refractivity contribution in [3.63, 3.8) is 0 Å². The van der Waals surface area contributed by atoms with Gasteiger partial charge in [-0.15, -0.1) is 0 Å². The standard InChI is InChI=1S/C35H46N6O3/c1-4-36-35(43)39-33-26-31(23-25-38-33)44-30-21-19-28(20-22-30)37-24-15-10-8-6-5-7-9-14-18-32-27(2)40(3)41(34(32)42)29-16-12-11-13-17-29/h11-13,16-17,19-23,25-26,37H,4-10,14-15,18,24H2,1-3H3,(H2,36,38,39,43). The molecule has 44 heavy (non-hydrogen) atoms. The molecule has 0 fully saturated rings. The van der Waals surface area contributed by atoms with E-state index in [1.165, 1.54) is 32.1 Å². The fraction of sp³-hybridized carbons (Fsp3) is 0.400. The van der Waals surface area contributed by atoms with Gasteiger partial charge in [-0.2, -0.15) is 0 Å². The van der Waals surface area contributed by atoms with Crippen molar-refractivity contribution in [2.75, 3.05) is 23.7 Å². The zero-order chi connectivity index (χ0) is 31.1. The summed E-state index contributed by atoms with van der Waals surface area (Å²) < 4.78 is 9.67. The van der Waals surface area contributed by atoms with Crippen LogP contribution >= 0.6 is 0 Å². The summed E-state index contributed by atoms with van der Waals surface area (Å²) in [6.07, 6.45) is 12.0. The number of rotatable bonds is 17. The number of hydrogen-bond donors (Lipinski definition) is 3. The van der Waals surface area contributed by atoms with E-state index in [2.05, 4.69) is 20.9 Å². The quantitative estimate of drug-likeness (QED) is 0.109. The molecule has 2 amide bonds. The molecule has 0 saturated carbocycles. The summed E-state index contributed by atoms with van der Waals surface area (Å²) in [6.45, 7) is 5.39. The summed E-state index contributed by atoms with van der Waals surface area (Å²) in [5.41, 5.74) is 4.10. The maximum Gasteiger partial charge on any atom is 0.320 e. The Morgan fingerprint density at radius 3 is 2.25 bits per heavy atom. The molecule has 3 N–H and O–H groups in total. The van der Waals surface area contributed by atoms with Crippen LogP contribution in [0.15, 0.2) is 77.7 Å². The number of amides is 2. The number of benzene rings is 2. The molecular weight excluding hydrogens is 552 g/mol. The average Bonchev–Trinajstić information content (AvgIpc) is 3.24. The third-order valence-corrected chi connectivity index (χ3v) is 7.76. The first-order valence-corrected chi connectivity index (χ1v) is 15.8. The molecule has 0 spiro atoms. The molecule has 2 heterocycles. The number of unbranched alkanes of at least 4 members (excludes halogenated alkanes) is 7. The lowest BCUT2D eigenvalue weighted by atomic mass is 10.0. The molecule has 9 nitrogen and oxygen atoms in total. The van der Waals surface area contributed by atoms with Gasteiger partial charge in [-0.1, -0.05) is 56.7 Å². The maximum absolute atomic E-state index is 13.0. The van der Waals surface area contributed by atoms with Gasteiger partial charge >= 0.3 is 6.03 Å². The maximum atomic E-state index is 13.0. The summed E-state index contributed by atoms with van der Waals surface area (Å²) >= 11 is 0. The molecule has 0 bridgehead atoms. The van der Waals surface area contributed by atoms with Crippen LogP contribution in [0.2, 0.25) is 0 Å². The Labute approximate surface area is 260 Å². The number of nitrogens with zero attached hydrogens (tertiary/aromatic N) is 3. The third-order valence-electron chi connectivity index (χ3n) is 7.76. The number of ether oxygens (including phenoxy) is 1. The molecule has 234 valence electrons. The lowest BCUT2D eigenvalue weighted by Crippen LogP contribution is -2.28. The largest absolute Gasteiger partial charge is 0.457 e. The monoisotopic (exact) mass is 598 g/mol. The second-order valence-electron chi connectivity index (χ2n) is 11.0. The van der Waals surface area contributed by atoms with Crippen molar-refractivity contribution in [3.8, 4) is 17.2 Å². The minimum absolute atomic E-state index is 0.112. The number of anilines is 2. The predicted octanol–water partition coefficient (Wildman–Crippen LogP) is 7.59. The van der Waals surface area contributed by atoms with Gasteiger partial charge in [-0.25, -0.2) is 14.5 Å². The molecule has 2 aromatic heterocycles. The number of pyridine rings is 1. The van der Waals surface area contributed by atoms with Crippen molar-refractivity contribution >= 4 is 17.5 Å². The van der Waals surface area contributed by atoms with Crippen molar-refractivity contribution < 1.29 is 9.53 Å². The second kappa shape index (κ2) is 16.9. The van der Waals surface area contributed by atoms with Gasteiger partial charge in [0.05, 0.1) is 5.69 Å². The number of carbonyl (C=O) groups is 1. The van der Waals surface area contributed by atoms with E-state index in [1.807, 2.05) is 80.2 Å². The highest BCUT2D eigenvalue weighted by Gasteiger charge is 2.15. The summed E-state index contributed by atoms with van der Waals surface area (Å²) in [5, 5.41) is 8.85. The Morgan fingerprint density at radius 2 is 1.55 bits per heavy atom. The van der Waals surface area contributed by atoms with Gasteiger partial charge in [0.2, 0.25) is 0 Å². The molecule has 0 radical (unpaired) electrons. The molecule has 0 aliphatic carbocycles. The van der Waals surface area contributed by atoms with Crippen LogP contribution in [0.25, 0.3) is 5.69 Å². The second-order valence-corrected chi connectivity index (χ2v) is 11.0. The zero-order valence-corrected chi connectivity index (χ0v) is 26.3. The summed E-state index contributed by atoms with van der Waals surface area (Å²) in [5.74, 6) is 1.75. The highest BCUT2D eigenvalue weighted by Crippen LogP contribution is 2.24. The van der Waals surface area contributed by atoms with Crippen LogP contribution in [0.3, 0.4) is 0 Å². The van der Waals surface area contributed by atoms with Crippen LogP contribution in [0.1, 0.15) is 69.5 Å². The van der Waals surface area contributed by atoms with Crippen LogP contribution in [0, 0.1) is 6.92 Å². The van der Waals surface area contributed by atoms with Crippen LogP contribution in [0.4, 0.5) is 16.3 Å². The molecule has 0 aliphatic rings. The molecule has 4 aromatic rings. The first kappa shape index (κ1) is 32.4. The van der Waals surface area contributed by atoms with Gasteiger partial charge in [0.25, 0.3) is 5.56 Å². The van der Waals surface area contributed by atoms with E-state index < -0.39 is 0 Å². The van der Waals surface area contributed by atoms with E-state index in [1.54, 1.807) is 23.0 Å². The molecule has 9 heteroatoms. The Bertz CT molecular complexity index is 1510. The van der Waals surface area contributed by atoms with E-state index in [0.717, 1.165) is 54.9 Å². The van der Waals surface area contributed by atoms with Crippen LogP contribution in [-0.2, 0) is 13.5 Å². The van der Waals surface area contributed by atoms with Crippen molar-refractivity contribution in [3.05, 3.63) is 94.5 Å². The van der Waals surface area contributed by atoms with Crippen molar-refractivity contribution in [1.29, 1.82) is 0 Å². The number of hydrogen-bond acceptors (Lipinski definition) is 5. The van der Waals surface area contributed by atoms with E-state index in [0.29, 0.717) is 23.9 Å². The Hall–Kier alpha value is -4.53. The predicted molar refractivity (Wildman–Crippen MR) is 178 cm³/mol. The molecule has 0 atom stereocenters. The minimum Gasteiger partial charge on any atom is -0.457 e. The van der Waals surface area contributed by atoms with E-state index in [9.17, 15) is 9.59 Å². The minimum atomic E-state index is -0.296. The first-order valence-electron chi connectivity index (χ1n) is 15.8. The third kappa shape index (κ3) is 9.49. The summed E-state index contributed by atoms with van der Waals surface area (Å²) in [4.78, 5) is 28.9. The van der Waals surface area contributed by atoms with Gasteiger partial charge < -0.3 is 15.4 Å². The number of carbonyl (C=O) groups excluding carboxylic acids is 1. The van der Waals surface area contributed by atoms with Crippen LogP contribution in [-0.4, -0.2) is 33.5 Å². The summed E-state index contributed by atoms with van der Waals surface area (Å²) in [6, 6.07) is 20.9. The highest BCUT2D eigenvalue weighted by molar-refractivity contribution is 5.88. The van der Waals surface area contributed by atoms with E-state index in [4.69, 9.17) is 4.74 Å². The first-order chi connectivity index (χ1) is 21.5. The van der Waals surface area contributed by atoms with Gasteiger partial charge in [-0.3, -0.25) is 14.8 Å². The smallest absolute Gasteiger partial charge is 0.320 e. The number of para-hydroxylation sites is 1. The molecule has 0 unspecified atom stereocenters. The molecule has 0 aliphatic heterocycles. The normalized spacial score (nSPS) is 10.9. The van der Waals surface area contributed by atoms with Gasteiger partial charge in [0.15, 0.2) is 0 Å². The fourth-order valence-corrected chi connectivity index (χ4v) is 5.27. The Morgan fingerprint density at radius 1 is 0.864 bits per heavy atom. The number of nitrogens with one attached hydrogen (secondary N) is 3. The molecule has 0 saturated heterocycles. The zero-order valence-electron chi connectivity index (χ0n) is 26.3. The lowest BCUT2D eigenvalue weighted by Gasteiger charge is -2.10. The van der Waals surface area contributed by atoms with Crippen LogP contribution < -0.4 is 26.2 Å². The molecule has 2 aromatic carbocycles. The topological polar surface area (TPSA) is 102 Å². The van der Waals surface area contributed by atoms with E-state index >= 15 is 0 Å². The SMILES string of the molecule is CCNC(=O)Nc1cc(Oc2ccc(NCCCCCCCCCCc3c(C)n(C)n(-c4ccccc4)c3=O)cc2)ccn1. The average molecular weight is 599 g/mol.